The van der Waals surface area contributed by atoms with Crippen molar-refractivity contribution in [2.24, 2.45) is 0 Å². The van der Waals surface area contributed by atoms with Gasteiger partial charge in [-0.15, -0.1) is 0 Å². The van der Waals surface area contributed by atoms with Crippen molar-refractivity contribution in [3.8, 4) is 0 Å². The molecule has 1 unspecified atom stereocenters. The van der Waals surface area contributed by atoms with Gasteiger partial charge in [0.2, 0.25) is 0 Å². The summed E-state index contributed by atoms with van der Waals surface area (Å²) in [6.45, 7) is 8.10. The average molecular weight is 290 g/mol. The quantitative estimate of drug-likeness (QED) is 0.927. The van der Waals surface area contributed by atoms with Crippen LogP contribution in [0.3, 0.4) is 0 Å². The van der Waals surface area contributed by atoms with E-state index in [0.29, 0.717) is 6.54 Å². The molecule has 1 atom stereocenters. The molecule has 3 nitrogen and oxygen atoms in total. The number of rotatable bonds is 4. The Kier molecular flexibility index (Phi) is 4.81. The molecular weight excluding hydrogens is 270 g/mol. The molecule has 1 N–H and O–H groups in total. The molecule has 0 spiro atoms. The lowest BCUT2D eigenvalue weighted by molar-refractivity contribution is 0.425. The SMILES string of the molecule is CC(CNC(C)(C)C)S(=O)(=O)c1ccccc1Cl. The Morgan fingerprint density at radius 2 is 1.83 bits per heavy atom. The zero-order valence-corrected chi connectivity index (χ0v) is 12.8. The predicted molar refractivity (Wildman–Crippen MR) is 75.9 cm³/mol. The van der Waals surface area contributed by atoms with Crippen LogP contribution in [0.1, 0.15) is 27.7 Å². The lowest BCUT2D eigenvalue weighted by Gasteiger charge is -2.23. The van der Waals surface area contributed by atoms with E-state index in [2.05, 4.69) is 5.32 Å². The smallest absolute Gasteiger partial charge is 0.183 e. The largest absolute Gasteiger partial charge is 0.311 e. The van der Waals surface area contributed by atoms with Crippen molar-refractivity contribution in [3.63, 3.8) is 0 Å². The van der Waals surface area contributed by atoms with Crippen molar-refractivity contribution in [2.75, 3.05) is 6.54 Å². The van der Waals surface area contributed by atoms with Gasteiger partial charge in [0.15, 0.2) is 9.84 Å². The third kappa shape index (κ3) is 3.97. The molecule has 0 bridgehead atoms. The summed E-state index contributed by atoms with van der Waals surface area (Å²) < 4.78 is 24.7. The summed E-state index contributed by atoms with van der Waals surface area (Å²) in [6, 6.07) is 6.55. The first-order valence-corrected chi connectivity index (χ1v) is 7.80. The van der Waals surface area contributed by atoms with Crippen LogP contribution in [0, 0.1) is 0 Å². The van der Waals surface area contributed by atoms with Crippen molar-refractivity contribution >= 4 is 21.4 Å². The average Bonchev–Trinajstić information content (AvgIpc) is 2.25. The van der Waals surface area contributed by atoms with Crippen molar-refractivity contribution in [1.29, 1.82) is 0 Å². The van der Waals surface area contributed by atoms with Gasteiger partial charge in [-0.2, -0.15) is 0 Å². The molecule has 18 heavy (non-hydrogen) atoms. The van der Waals surface area contributed by atoms with Crippen LogP contribution < -0.4 is 5.32 Å². The van der Waals surface area contributed by atoms with Crippen LogP contribution in [0.15, 0.2) is 29.2 Å². The van der Waals surface area contributed by atoms with Crippen LogP contribution >= 0.6 is 11.6 Å². The van der Waals surface area contributed by atoms with Crippen molar-refractivity contribution in [2.45, 2.75) is 43.4 Å². The molecule has 0 saturated carbocycles. The second-order valence-electron chi connectivity index (χ2n) is 5.42. The molecule has 5 heteroatoms. The third-order valence-electron chi connectivity index (χ3n) is 2.59. The molecule has 0 aromatic heterocycles. The highest BCUT2D eigenvalue weighted by Gasteiger charge is 2.26. The first kappa shape index (κ1) is 15.5. The van der Waals surface area contributed by atoms with Gasteiger partial charge in [-0.05, 0) is 39.8 Å². The minimum absolute atomic E-state index is 0.107. The maximum atomic E-state index is 12.3. The Bertz CT molecular complexity index is 506. The molecule has 1 aromatic rings. The Labute approximate surface area is 114 Å². The molecule has 0 amide bonds. The summed E-state index contributed by atoms with van der Waals surface area (Å²) in [5, 5.41) is 2.96. The molecule has 0 aliphatic carbocycles. The molecule has 1 aromatic carbocycles. The van der Waals surface area contributed by atoms with Crippen LogP contribution in [0.25, 0.3) is 0 Å². The number of hydrogen-bond donors (Lipinski definition) is 1. The van der Waals surface area contributed by atoms with Gasteiger partial charge in [-0.1, -0.05) is 23.7 Å². The molecule has 0 aliphatic rings. The third-order valence-corrected chi connectivity index (χ3v) is 5.23. The summed E-state index contributed by atoms with van der Waals surface area (Å²) in [5.41, 5.74) is -0.107. The van der Waals surface area contributed by atoms with Gasteiger partial charge >= 0.3 is 0 Å². The standard InChI is InChI=1S/C13H20ClNO2S/c1-10(9-15-13(2,3)4)18(16,17)12-8-6-5-7-11(12)14/h5-8,10,15H,9H2,1-4H3. The van der Waals surface area contributed by atoms with Gasteiger partial charge in [-0.3, -0.25) is 0 Å². The summed E-state index contributed by atoms with van der Waals surface area (Å²) in [4.78, 5) is 0.204. The maximum Gasteiger partial charge on any atom is 0.183 e. The number of hydrogen-bond acceptors (Lipinski definition) is 3. The molecule has 0 fully saturated rings. The van der Waals surface area contributed by atoms with E-state index >= 15 is 0 Å². The molecule has 0 radical (unpaired) electrons. The van der Waals surface area contributed by atoms with Crippen molar-refractivity contribution in [1.82, 2.24) is 5.32 Å². The highest BCUT2D eigenvalue weighted by molar-refractivity contribution is 7.92. The minimum atomic E-state index is -3.39. The number of sulfone groups is 1. The van der Waals surface area contributed by atoms with E-state index in [1.54, 1.807) is 31.2 Å². The van der Waals surface area contributed by atoms with Gasteiger partial charge in [0.05, 0.1) is 15.2 Å². The van der Waals surface area contributed by atoms with Gasteiger partial charge in [0.25, 0.3) is 0 Å². The van der Waals surface area contributed by atoms with Crippen molar-refractivity contribution < 1.29 is 8.42 Å². The second kappa shape index (κ2) is 5.59. The summed E-state index contributed by atoms with van der Waals surface area (Å²) >= 11 is 5.94. The Balaban J connectivity index is 2.91. The zero-order valence-electron chi connectivity index (χ0n) is 11.2. The minimum Gasteiger partial charge on any atom is -0.311 e. The molecule has 0 aliphatic heterocycles. The summed E-state index contributed by atoms with van der Waals surface area (Å²) in [6.07, 6.45) is 0. The van der Waals surface area contributed by atoms with Crippen LogP contribution in [0.4, 0.5) is 0 Å². The van der Waals surface area contributed by atoms with Crippen LogP contribution in [0.2, 0.25) is 5.02 Å². The second-order valence-corrected chi connectivity index (χ2v) is 8.16. The number of halogens is 1. The fourth-order valence-corrected chi connectivity index (χ4v) is 3.25. The van der Waals surface area contributed by atoms with Gasteiger partial charge in [0, 0.05) is 12.1 Å². The predicted octanol–water partition coefficient (Wildman–Crippen LogP) is 2.89. The highest BCUT2D eigenvalue weighted by Crippen LogP contribution is 2.24. The molecular formula is C13H20ClNO2S. The van der Waals surface area contributed by atoms with E-state index in [9.17, 15) is 8.42 Å². The first-order chi connectivity index (χ1) is 8.14. The number of nitrogens with one attached hydrogen (secondary N) is 1. The van der Waals surface area contributed by atoms with E-state index in [0.717, 1.165) is 0 Å². The van der Waals surface area contributed by atoms with Gasteiger partial charge < -0.3 is 5.32 Å². The summed E-state index contributed by atoms with van der Waals surface area (Å²) in [5.74, 6) is 0. The van der Waals surface area contributed by atoms with E-state index in [-0.39, 0.29) is 15.5 Å². The van der Waals surface area contributed by atoms with Crippen LogP contribution in [-0.4, -0.2) is 25.8 Å². The van der Waals surface area contributed by atoms with Crippen LogP contribution in [-0.2, 0) is 9.84 Å². The lowest BCUT2D eigenvalue weighted by atomic mass is 10.1. The van der Waals surface area contributed by atoms with E-state index in [1.165, 1.54) is 0 Å². The maximum absolute atomic E-state index is 12.3. The van der Waals surface area contributed by atoms with Gasteiger partial charge in [0.1, 0.15) is 0 Å². The lowest BCUT2D eigenvalue weighted by Crippen LogP contribution is -2.42. The molecule has 0 heterocycles. The van der Waals surface area contributed by atoms with Gasteiger partial charge in [-0.25, -0.2) is 8.42 Å². The van der Waals surface area contributed by atoms with Crippen molar-refractivity contribution in [3.05, 3.63) is 29.3 Å². The monoisotopic (exact) mass is 289 g/mol. The normalized spacial score (nSPS) is 14.5. The fourth-order valence-electron chi connectivity index (χ4n) is 1.45. The highest BCUT2D eigenvalue weighted by atomic mass is 35.5. The molecule has 0 saturated heterocycles. The topological polar surface area (TPSA) is 46.2 Å². The van der Waals surface area contributed by atoms with E-state index in [4.69, 9.17) is 11.6 Å². The summed E-state index contributed by atoms with van der Waals surface area (Å²) in [7, 11) is -3.39. The van der Waals surface area contributed by atoms with E-state index < -0.39 is 15.1 Å². The Morgan fingerprint density at radius 3 is 2.33 bits per heavy atom. The molecule has 102 valence electrons. The van der Waals surface area contributed by atoms with E-state index in [1.807, 2.05) is 20.8 Å². The molecule has 1 rings (SSSR count). The first-order valence-electron chi connectivity index (χ1n) is 5.88. The number of benzene rings is 1. The fraction of sp³-hybridized carbons (Fsp3) is 0.538. The zero-order chi connectivity index (χ0) is 14.0. The Hall–Kier alpha value is -0.580. The Morgan fingerprint density at radius 1 is 1.28 bits per heavy atom. The van der Waals surface area contributed by atoms with Crippen LogP contribution in [0.5, 0.6) is 0 Å².